The van der Waals surface area contributed by atoms with Crippen LogP contribution in [0.3, 0.4) is 0 Å². The van der Waals surface area contributed by atoms with Crippen LogP contribution in [0.15, 0.2) is 41.1 Å². The molecule has 2 N–H and O–H groups in total. The van der Waals surface area contributed by atoms with E-state index in [9.17, 15) is 18.1 Å². The molecule has 0 radical (unpaired) electrons. The van der Waals surface area contributed by atoms with E-state index in [2.05, 4.69) is 6.07 Å². The van der Waals surface area contributed by atoms with Gasteiger partial charge in [-0.15, -0.1) is 0 Å². The summed E-state index contributed by atoms with van der Waals surface area (Å²) < 4.78 is 53.2. The summed E-state index contributed by atoms with van der Waals surface area (Å²) in [6, 6.07) is 7.97. The van der Waals surface area contributed by atoms with E-state index in [1.54, 1.807) is 0 Å². The predicted molar refractivity (Wildman–Crippen MR) is 96.3 cm³/mol. The highest BCUT2D eigenvalue weighted by Gasteiger charge is 2.33. The molecule has 9 heteroatoms. The number of hydrogen-bond acceptors (Lipinski definition) is 7. The Morgan fingerprint density at radius 3 is 2.56 bits per heavy atom. The summed E-state index contributed by atoms with van der Waals surface area (Å²) in [6.07, 6.45) is 1.43. The number of rotatable bonds is 9. The lowest BCUT2D eigenvalue weighted by molar-refractivity contribution is -0.00192. The Balaban J connectivity index is 1.91. The summed E-state index contributed by atoms with van der Waals surface area (Å²) in [5, 5.41) is 9.36. The molecule has 2 rings (SSSR count). The molecule has 27 heavy (non-hydrogen) atoms. The van der Waals surface area contributed by atoms with Crippen LogP contribution in [0, 0.1) is 16.7 Å². The van der Waals surface area contributed by atoms with Crippen molar-refractivity contribution in [2.24, 2.45) is 11.1 Å². The molecule has 0 aromatic heterocycles. The Bertz CT molecular complexity index is 781. The maximum absolute atomic E-state index is 12.4. The van der Waals surface area contributed by atoms with E-state index in [1.165, 1.54) is 24.3 Å². The monoisotopic (exact) mass is 398 g/mol. The number of sulfone groups is 1. The van der Waals surface area contributed by atoms with Crippen molar-refractivity contribution in [2.75, 3.05) is 38.9 Å². The largest absolute Gasteiger partial charge is 0.489 e. The SMILES string of the molecule is N#CC1(COCS(=O)(=O)c2ccc(OC/C(=C/F)CN)cc2)CCOCC1. The molecule has 0 amide bonds. The first-order valence-corrected chi connectivity index (χ1v) is 10.1. The number of nitrogens with two attached hydrogens (primary N) is 1. The predicted octanol–water partition coefficient (Wildman–Crippen LogP) is 1.95. The topological polar surface area (TPSA) is 112 Å². The maximum atomic E-state index is 12.4. The summed E-state index contributed by atoms with van der Waals surface area (Å²) in [5.41, 5.74) is 4.93. The van der Waals surface area contributed by atoms with E-state index >= 15 is 0 Å². The standard InChI is InChI=1S/C18H23FN2O5S/c19-9-15(10-20)11-26-16-1-3-17(4-2-16)27(22,23)14-25-13-18(12-21)5-7-24-8-6-18/h1-4,9H,5-8,10-11,13-14,20H2/b15-9+. The maximum Gasteiger partial charge on any atom is 0.202 e. The van der Waals surface area contributed by atoms with Crippen LogP contribution >= 0.6 is 0 Å². The van der Waals surface area contributed by atoms with Crippen molar-refractivity contribution in [3.8, 4) is 11.8 Å². The minimum Gasteiger partial charge on any atom is -0.489 e. The number of halogens is 1. The molecule has 0 atom stereocenters. The summed E-state index contributed by atoms with van der Waals surface area (Å²) in [6.45, 7) is 1.01. The van der Waals surface area contributed by atoms with Crippen LogP contribution in [0.4, 0.5) is 4.39 Å². The molecule has 0 bridgehead atoms. The van der Waals surface area contributed by atoms with Gasteiger partial charge in [0.1, 0.15) is 12.4 Å². The van der Waals surface area contributed by atoms with Crippen molar-refractivity contribution in [3.05, 3.63) is 36.2 Å². The van der Waals surface area contributed by atoms with Crippen LogP contribution < -0.4 is 10.5 Å². The van der Waals surface area contributed by atoms with Gasteiger partial charge >= 0.3 is 0 Å². The molecular formula is C18H23FN2O5S. The van der Waals surface area contributed by atoms with Crippen LogP contribution in [0.2, 0.25) is 0 Å². The zero-order valence-corrected chi connectivity index (χ0v) is 15.7. The molecule has 1 aliphatic rings. The molecule has 1 aromatic rings. The molecule has 1 saturated heterocycles. The number of hydrogen-bond donors (Lipinski definition) is 1. The minimum atomic E-state index is -3.66. The summed E-state index contributed by atoms with van der Waals surface area (Å²) in [4.78, 5) is 0.0768. The van der Waals surface area contributed by atoms with E-state index in [0.717, 1.165) is 0 Å². The minimum absolute atomic E-state index is 0.0117. The molecule has 1 aromatic carbocycles. The second kappa shape index (κ2) is 9.80. The highest BCUT2D eigenvalue weighted by Crippen LogP contribution is 2.30. The molecule has 0 aliphatic carbocycles. The number of nitriles is 1. The first-order valence-electron chi connectivity index (χ1n) is 8.45. The molecule has 1 fully saturated rings. The molecule has 0 unspecified atom stereocenters. The Hall–Kier alpha value is -1.99. The summed E-state index contributed by atoms with van der Waals surface area (Å²) in [7, 11) is -3.66. The Morgan fingerprint density at radius 1 is 1.33 bits per heavy atom. The van der Waals surface area contributed by atoms with E-state index in [1.807, 2.05) is 0 Å². The quantitative estimate of drug-likeness (QED) is 0.676. The lowest BCUT2D eigenvalue weighted by Gasteiger charge is -2.30. The second-order valence-electron chi connectivity index (χ2n) is 6.32. The Kier molecular flexibility index (Phi) is 7.74. The van der Waals surface area contributed by atoms with Crippen LogP contribution in [-0.2, 0) is 19.3 Å². The highest BCUT2D eigenvalue weighted by atomic mass is 32.2. The van der Waals surface area contributed by atoms with Crippen molar-refractivity contribution in [1.29, 1.82) is 5.26 Å². The third-order valence-corrected chi connectivity index (χ3v) is 5.79. The fourth-order valence-electron chi connectivity index (χ4n) is 2.52. The average Bonchev–Trinajstić information content (AvgIpc) is 2.69. The molecule has 1 heterocycles. The molecule has 1 aliphatic heterocycles. The van der Waals surface area contributed by atoms with Crippen LogP contribution in [-0.4, -0.2) is 47.3 Å². The van der Waals surface area contributed by atoms with Gasteiger partial charge in [0.05, 0.1) is 29.3 Å². The van der Waals surface area contributed by atoms with Gasteiger partial charge in [0.2, 0.25) is 9.84 Å². The van der Waals surface area contributed by atoms with Crippen molar-refractivity contribution in [3.63, 3.8) is 0 Å². The summed E-state index contributed by atoms with van der Waals surface area (Å²) in [5.74, 6) is -0.118. The molecule has 0 saturated carbocycles. The Labute approximate surface area is 158 Å². The zero-order valence-electron chi connectivity index (χ0n) is 14.9. The van der Waals surface area contributed by atoms with Gasteiger partial charge in [-0.3, -0.25) is 0 Å². The number of benzene rings is 1. The van der Waals surface area contributed by atoms with Gasteiger partial charge in [0.25, 0.3) is 0 Å². The lowest BCUT2D eigenvalue weighted by atomic mass is 9.83. The van der Waals surface area contributed by atoms with Gasteiger partial charge in [-0.05, 0) is 37.1 Å². The van der Waals surface area contributed by atoms with E-state index in [4.69, 9.17) is 19.9 Å². The first-order chi connectivity index (χ1) is 12.9. The van der Waals surface area contributed by atoms with E-state index < -0.39 is 21.2 Å². The average molecular weight is 398 g/mol. The van der Waals surface area contributed by atoms with Gasteiger partial charge < -0.3 is 19.9 Å². The second-order valence-corrected chi connectivity index (χ2v) is 8.25. The van der Waals surface area contributed by atoms with E-state index in [0.29, 0.717) is 43.7 Å². The summed E-state index contributed by atoms with van der Waals surface area (Å²) >= 11 is 0. The molecule has 0 spiro atoms. The van der Waals surface area contributed by atoms with Crippen LogP contribution in [0.25, 0.3) is 0 Å². The van der Waals surface area contributed by atoms with Crippen molar-refractivity contribution < 1.29 is 27.0 Å². The first kappa shape index (κ1) is 21.3. The fourth-order valence-corrected chi connectivity index (χ4v) is 3.51. The van der Waals surface area contributed by atoms with E-state index in [-0.39, 0.29) is 24.7 Å². The number of nitrogens with zero attached hydrogens (tertiary/aromatic N) is 1. The highest BCUT2D eigenvalue weighted by molar-refractivity contribution is 7.91. The Morgan fingerprint density at radius 2 is 2.00 bits per heavy atom. The van der Waals surface area contributed by atoms with Crippen LogP contribution in [0.5, 0.6) is 5.75 Å². The fraction of sp³-hybridized carbons (Fsp3) is 0.500. The molecular weight excluding hydrogens is 375 g/mol. The van der Waals surface area contributed by atoms with Crippen molar-refractivity contribution in [1.82, 2.24) is 0 Å². The molecule has 148 valence electrons. The van der Waals surface area contributed by atoms with Gasteiger partial charge in [-0.1, -0.05) is 0 Å². The van der Waals surface area contributed by atoms with Crippen molar-refractivity contribution in [2.45, 2.75) is 17.7 Å². The number of ether oxygens (including phenoxy) is 3. The molecule has 7 nitrogen and oxygen atoms in total. The zero-order chi connectivity index (χ0) is 19.8. The van der Waals surface area contributed by atoms with Gasteiger partial charge in [-0.2, -0.15) is 5.26 Å². The van der Waals surface area contributed by atoms with Gasteiger partial charge in [0, 0.05) is 25.3 Å². The smallest absolute Gasteiger partial charge is 0.202 e. The third-order valence-electron chi connectivity index (χ3n) is 4.33. The van der Waals surface area contributed by atoms with Gasteiger partial charge in [-0.25, -0.2) is 12.8 Å². The van der Waals surface area contributed by atoms with Crippen LogP contribution in [0.1, 0.15) is 12.8 Å². The van der Waals surface area contributed by atoms with Gasteiger partial charge in [0.15, 0.2) is 5.94 Å². The van der Waals surface area contributed by atoms with Crippen molar-refractivity contribution >= 4 is 9.84 Å². The lowest BCUT2D eigenvalue weighted by Crippen LogP contribution is -2.33. The normalized spacial score (nSPS) is 17.3. The third kappa shape index (κ3) is 6.01.